The normalized spacial score (nSPS) is 12.3. The van der Waals surface area contributed by atoms with Crippen molar-refractivity contribution in [3.63, 3.8) is 0 Å². The van der Waals surface area contributed by atoms with E-state index in [4.69, 9.17) is 14.2 Å². The van der Waals surface area contributed by atoms with Crippen molar-refractivity contribution in [2.75, 3.05) is 13.2 Å². The summed E-state index contributed by atoms with van der Waals surface area (Å²) >= 11 is 0. The van der Waals surface area contributed by atoms with E-state index in [0.29, 0.717) is 19.3 Å². The SMILES string of the molecule is CC/C=C\C/C=C\C/C=C\C/C=C\CCCCC(=O)OC(COC(=O)CCCCCCCCCCCCCCC)COC(=O)CCCCCCCCCCCCCCCCCCCCCCCCCCCCCCCCCCC. The topological polar surface area (TPSA) is 78.9 Å². The van der Waals surface area contributed by atoms with E-state index in [-0.39, 0.29) is 37.5 Å². The van der Waals surface area contributed by atoms with E-state index >= 15 is 0 Å². The van der Waals surface area contributed by atoms with Crippen LogP contribution in [0.2, 0.25) is 0 Å². The maximum atomic E-state index is 12.9. The van der Waals surface area contributed by atoms with Gasteiger partial charge in [-0.2, -0.15) is 0 Å². The Kier molecular flexibility index (Phi) is 65.6. The minimum atomic E-state index is -0.792. The minimum Gasteiger partial charge on any atom is -0.462 e. The molecular weight excluding hydrogens is 973 g/mol. The molecule has 0 bridgehead atoms. The highest BCUT2D eigenvalue weighted by molar-refractivity contribution is 5.71. The van der Waals surface area contributed by atoms with E-state index in [9.17, 15) is 14.4 Å². The number of ether oxygens (including phenoxy) is 3. The zero-order chi connectivity index (χ0) is 57.1. The molecule has 0 aromatic carbocycles. The van der Waals surface area contributed by atoms with E-state index in [2.05, 4.69) is 69.4 Å². The number of unbranched alkanes of at least 4 members (excludes halogenated alkanes) is 46. The fourth-order valence-corrected chi connectivity index (χ4v) is 10.6. The van der Waals surface area contributed by atoms with Gasteiger partial charge in [-0.3, -0.25) is 14.4 Å². The van der Waals surface area contributed by atoms with E-state index in [1.807, 2.05) is 0 Å². The molecule has 0 aliphatic carbocycles. The first-order chi connectivity index (χ1) is 39.0. The lowest BCUT2D eigenvalue weighted by Gasteiger charge is -2.18. The average molecular weight is 1110 g/mol. The number of hydrogen-bond donors (Lipinski definition) is 0. The van der Waals surface area contributed by atoms with E-state index in [0.717, 1.165) is 77.0 Å². The maximum Gasteiger partial charge on any atom is 0.306 e. The number of rotatable bonds is 65. The van der Waals surface area contributed by atoms with Crippen LogP contribution < -0.4 is 0 Å². The molecule has 462 valence electrons. The molecular formula is C73H134O6. The minimum absolute atomic E-state index is 0.0851. The first-order valence-corrected chi connectivity index (χ1v) is 35.1. The van der Waals surface area contributed by atoms with Gasteiger partial charge in [-0.05, 0) is 57.8 Å². The highest BCUT2D eigenvalue weighted by Crippen LogP contribution is 2.19. The number of esters is 3. The number of allylic oxidation sites excluding steroid dienone is 8. The second-order valence-electron chi connectivity index (χ2n) is 23.8. The predicted molar refractivity (Wildman–Crippen MR) is 344 cm³/mol. The van der Waals surface area contributed by atoms with Crippen molar-refractivity contribution in [1.82, 2.24) is 0 Å². The number of carbonyl (C=O) groups excluding carboxylic acids is 3. The molecule has 0 rings (SSSR count). The van der Waals surface area contributed by atoms with Crippen LogP contribution in [-0.2, 0) is 28.6 Å². The quantitative estimate of drug-likeness (QED) is 0.0261. The summed E-state index contributed by atoms with van der Waals surface area (Å²) in [4.78, 5) is 38.3. The van der Waals surface area contributed by atoms with Crippen LogP contribution in [0.3, 0.4) is 0 Å². The molecule has 0 amide bonds. The van der Waals surface area contributed by atoms with Crippen LogP contribution in [0.1, 0.15) is 380 Å². The molecule has 0 aliphatic heterocycles. The number of hydrogen-bond acceptors (Lipinski definition) is 6. The second-order valence-corrected chi connectivity index (χ2v) is 23.8. The molecule has 0 fully saturated rings. The molecule has 0 saturated carbocycles. The summed E-state index contributed by atoms with van der Waals surface area (Å²) in [5.74, 6) is -0.905. The zero-order valence-electron chi connectivity index (χ0n) is 53.2. The van der Waals surface area contributed by atoms with Crippen molar-refractivity contribution in [2.24, 2.45) is 0 Å². The van der Waals surface area contributed by atoms with E-state index in [1.165, 1.54) is 257 Å². The molecule has 0 N–H and O–H groups in total. The van der Waals surface area contributed by atoms with Crippen LogP contribution in [0.25, 0.3) is 0 Å². The third-order valence-corrected chi connectivity index (χ3v) is 15.8. The molecule has 0 aromatic heterocycles. The summed E-state index contributed by atoms with van der Waals surface area (Å²) < 4.78 is 16.9. The summed E-state index contributed by atoms with van der Waals surface area (Å²) in [6.45, 7) is 6.55. The molecule has 0 aliphatic rings. The van der Waals surface area contributed by atoms with E-state index in [1.54, 1.807) is 0 Å². The summed E-state index contributed by atoms with van der Waals surface area (Å²) in [7, 11) is 0. The summed E-state index contributed by atoms with van der Waals surface area (Å²) in [5.41, 5.74) is 0. The Morgan fingerprint density at radius 3 is 0.772 bits per heavy atom. The van der Waals surface area contributed by atoms with Gasteiger partial charge in [-0.15, -0.1) is 0 Å². The fourth-order valence-electron chi connectivity index (χ4n) is 10.6. The standard InChI is InChI=1S/C73H134O6/c1-4-7-10-13-16-19-22-25-27-28-29-30-31-32-33-34-35-36-37-38-39-40-41-42-43-44-46-48-51-54-57-60-63-66-72(75)78-69-70(68-77-71(74)65-62-59-56-53-50-47-24-21-18-15-12-9-6-3)79-73(76)67-64-61-58-55-52-49-45-26-23-20-17-14-11-8-5-2/h8,11,17,20,26,45,52,55,70H,4-7,9-10,12-16,18-19,21-25,27-44,46-51,53-54,56-69H2,1-3H3/b11-8-,20-17-,45-26-,55-52-. The highest BCUT2D eigenvalue weighted by Gasteiger charge is 2.19. The van der Waals surface area contributed by atoms with Gasteiger partial charge in [0.1, 0.15) is 13.2 Å². The lowest BCUT2D eigenvalue weighted by molar-refractivity contribution is -0.167. The lowest BCUT2D eigenvalue weighted by Crippen LogP contribution is -2.30. The van der Waals surface area contributed by atoms with Crippen molar-refractivity contribution < 1.29 is 28.6 Å². The molecule has 0 spiro atoms. The van der Waals surface area contributed by atoms with Gasteiger partial charge in [-0.25, -0.2) is 0 Å². The number of carbonyl (C=O) groups is 3. The molecule has 1 unspecified atom stereocenters. The Morgan fingerprint density at radius 1 is 0.266 bits per heavy atom. The average Bonchev–Trinajstić information content (AvgIpc) is 3.45. The van der Waals surface area contributed by atoms with Crippen molar-refractivity contribution in [3.8, 4) is 0 Å². The third-order valence-electron chi connectivity index (χ3n) is 15.8. The first kappa shape index (κ1) is 76.4. The summed E-state index contributed by atoms with van der Waals surface area (Å²) in [6, 6.07) is 0. The lowest BCUT2D eigenvalue weighted by atomic mass is 10.0. The van der Waals surface area contributed by atoms with Crippen LogP contribution in [0, 0.1) is 0 Å². The first-order valence-electron chi connectivity index (χ1n) is 35.1. The Hall–Kier alpha value is -2.63. The van der Waals surface area contributed by atoms with Crippen LogP contribution in [0.4, 0.5) is 0 Å². The largest absolute Gasteiger partial charge is 0.462 e. The van der Waals surface area contributed by atoms with Gasteiger partial charge in [-0.1, -0.05) is 352 Å². The maximum absolute atomic E-state index is 12.9. The monoisotopic (exact) mass is 1110 g/mol. The van der Waals surface area contributed by atoms with Gasteiger partial charge >= 0.3 is 17.9 Å². The summed E-state index contributed by atoms with van der Waals surface area (Å²) in [5, 5.41) is 0. The van der Waals surface area contributed by atoms with Crippen LogP contribution >= 0.6 is 0 Å². The van der Waals surface area contributed by atoms with Gasteiger partial charge in [0.25, 0.3) is 0 Å². The molecule has 6 nitrogen and oxygen atoms in total. The second kappa shape index (κ2) is 67.9. The van der Waals surface area contributed by atoms with E-state index < -0.39 is 6.10 Å². The fraction of sp³-hybridized carbons (Fsp3) is 0.849. The molecule has 79 heavy (non-hydrogen) atoms. The Bertz CT molecular complexity index is 1360. The van der Waals surface area contributed by atoms with Gasteiger partial charge in [0.05, 0.1) is 0 Å². The highest BCUT2D eigenvalue weighted by atomic mass is 16.6. The summed E-state index contributed by atoms with van der Waals surface area (Å²) in [6.07, 6.45) is 86.0. The Balaban J connectivity index is 4.09. The molecule has 0 aromatic rings. The molecule has 0 radical (unpaired) electrons. The van der Waals surface area contributed by atoms with Gasteiger partial charge in [0.2, 0.25) is 0 Å². The van der Waals surface area contributed by atoms with Crippen molar-refractivity contribution in [1.29, 1.82) is 0 Å². The van der Waals surface area contributed by atoms with Gasteiger partial charge in [0, 0.05) is 19.3 Å². The van der Waals surface area contributed by atoms with Crippen molar-refractivity contribution in [2.45, 2.75) is 386 Å². The third kappa shape index (κ3) is 66.1. The molecule has 1 atom stereocenters. The smallest absolute Gasteiger partial charge is 0.306 e. The Labute approximate surface area is 492 Å². The van der Waals surface area contributed by atoms with Crippen molar-refractivity contribution >= 4 is 17.9 Å². The van der Waals surface area contributed by atoms with Gasteiger partial charge in [0.15, 0.2) is 6.10 Å². The van der Waals surface area contributed by atoms with Crippen molar-refractivity contribution in [3.05, 3.63) is 48.6 Å². The molecule has 0 heterocycles. The van der Waals surface area contributed by atoms with Crippen LogP contribution in [0.5, 0.6) is 0 Å². The molecule has 6 heteroatoms. The van der Waals surface area contributed by atoms with Crippen LogP contribution in [-0.4, -0.2) is 37.2 Å². The zero-order valence-corrected chi connectivity index (χ0v) is 53.2. The Morgan fingerprint density at radius 2 is 0.494 bits per heavy atom. The molecule has 0 saturated heterocycles. The predicted octanol–water partition coefficient (Wildman–Crippen LogP) is 24.1. The van der Waals surface area contributed by atoms with Gasteiger partial charge < -0.3 is 14.2 Å². The van der Waals surface area contributed by atoms with Crippen LogP contribution in [0.15, 0.2) is 48.6 Å².